The third-order valence-electron chi connectivity index (χ3n) is 6.91. The van der Waals surface area contributed by atoms with Gasteiger partial charge < -0.3 is 20.1 Å². The van der Waals surface area contributed by atoms with Crippen LogP contribution in [0.3, 0.4) is 0 Å². The van der Waals surface area contributed by atoms with Crippen molar-refractivity contribution in [2.75, 3.05) is 37.4 Å². The van der Waals surface area contributed by atoms with Crippen LogP contribution in [0.25, 0.3) is 10.9 Å². The molecule has 1 aliphatic carbocycles. The van der Waals surface area contributed by atoms with Gasteiger partial charge in [-0.1, -0.05) is 36.4 Å². The maximum Gasteiger partial charge on any atom is 0.323 e. The molecule has 1 aliphatic heterocycles. The lowest BCUT2D eigenvalue weighted by Crippen LogP contribution is -2.36. The van der Waals surface area contributed by atoms with Crippen molar-refractivity contribution < 1.29 is 19.1 Å². The van der Waals surface area contributed by atoms with E-state index in [4.69, 9.17) is 9.47 Å². The van der Waals surface area contributed by atoms with Crippen molar-refractivity contribution in [1.82, 2.24) is 14.9 Å². The van der Waals surface area contributed by atoms with Crippen LogP contribution in [0.5, 0.6) is 5.75 Å². The van der Waals surface area contributed by atoms with E-state index < -0.39 is 0 Å². The van der Waals surface area contributed by atoms with E-state index in [0.717, 1.165) is 48.7 Å². The molecule has 38 heavy (non-hydrogen) atoms. The number of esters is 1. The monoisotopic (exact) mass is 515 g/mol. The molecular weight excluding hydrogens is 482 g/mol. The van der Waals surface area contributed by atoms with Crippen LogP contribution in [0.4, 0.5) is 11.5 Å². The number of hydrogen-bond donors (Lipinski definition) is 2. The minimum absolute atomic E-state index is 0.229. The molecule has 0 unspecified atom stereocenters. The van der Waals surface area contributed by atoms with Crippen molar-refractivity contribution in [1.29, 1.82) is 0 Å². The van der Waals surface area contributed by atoms with Crippen molar-refractivity contribution >= 4 is 34.3 Å². The highest BCUT2D eigenvalue weighted by molar-refractivity contribution is 6.03. The predicted octanol–water partition coefficient (Wildman–Crippen LogP) is 4.16. The molecule has 1 aromatic heterocycles. The van der Waals surface area contributed by atoms with E-state index in [1.807, 2.05) is 47.4 Å². The lowest BCUT2D eigenvalue weighted by atomic mass is 10.1. The lowest BCUT2D eigenvalue weighted by Gasteiger charge is -2.20. The van der Waals surface area contributed by atoms with Gasteiger partial charge >= 0.3 is 5.97 Å². The first-order valence-electron chi connectivity index (χ1n) is 13.1. The molecule has 3 aromatic rings. The quantitative estimate of drug-likeness (QED) is 0.290. The third kappa shape index (κ3) is 6.47. The number of ether oxygens (including phenoxy) is 2. The molecule has 0 spiro atoms. The first-order valence-corrected chi connectivity index (χ1v) is 13.1. The molecule has 2 aliphatic rings. The van der Waals surface area contributed by atoms with Crippen LogP contribution >= 0.6 is 0 Å². The van der Waals surface area contributed by atoms with Gasteiger partial charge in [-0.25, -0.2) is 9.97 Å². The Kier molecular flexibility index (Phi) is 8.13. The normalized spacial score (nSPS) is 17.6. The fourth-order valence-corrected chi connectivity index (χ4v) is 4.63. The minimum Gasteiger partial charge on any atom is -0.491 e. The highest BCUT2D eigenvalue weighted by atomic mass is 16.5. The van der Waals surface area contributed by atoms with Crippen molar-refractivity contribution in [2.24, 2.45) is 5.92 Å². The molecule has 1 saturated heterocycles. The maximum absolute atomic E-state index is 12.9. The van der Waals surface area contributed by atoms with Crippen LogP contribution in [-0.4, -0.2) is 59.6 Å². The molecule has 0 bridgehead atoms. The number of carbonyl (C=O) groups is 2. The molecule has 198 valence electrons. The lowest BCUT2D eigenvalue weighted by molar-refractivity contribution is -0.145. The Morgan fingerprint density at radius 1 is 1.13 bits per heavy atom. The molecule has 9 nitrogen and oxygen atoms in total. The summed E-state index contributed by atoms with van der Waals surface area (Å²) in [6, 6.07) is 13.6. The Morgan fingerprint density at radius 3 is 2.76 bits per heavy atom. The number of anilines is 2. The van der Waals surface area contributed by atoms with E-state index in [2.05, 4.69) is 20.6 Å². The number of rotatable bonds is 11. The van der Waals surface area contributed by atoms with E-state index in [9.17, 15) is 9.59 Å². The fraction of sp³-hybridized carbons (Fsp3) is 0.379. The van der Waals surface area contributed by atoms with Crippen molar-refractivity contribution in [3.8, 4) is 5.75 Å². The molecule has 1 atom stereocenters. The molecule has 0 radical (unpaired) electrons. The molecule has 5 rings (SSSR count). The summed E-state index contributed by atoms with van der Waals surface area (Å²) in [7, 11) is 1.40. The minimum atomic E-state index is -0.273. The molecule has 1 saturated carbocycles. The van der Waals surface area contributed by atoms with Gasteiger partial charge in [-0.05, 0) is 49.8 Å². The van der Waals surface area contributed by atoms with Crippen LogP contribution in [0.2, 0.25) is 0 Å². The number of methoxy groups -OCH3 is 1. The van der Waals surface area contributed by atoms with Gasteiger partial charge in [-0.2, -0.15) is 0 Å². The Labute approximate surface area is 222 Å². The molecule has 9 heteroatoms. The molecule has 2 aromatic carbocycles. The SMILES string of the molecule is COC(=O)[C@@H]1CCCN1C/C=C/C(=O)Nc1cc2c(NCc3ccccc3)ncnc2cc1OCC1CC1. The number of nitrogens with one attached hydrogen (secondary N) is 2. The molecule has 2 heterocycles. The Balaban J connectivity index is 1.32. The summed E-state index contributed by atoms with van der Waals surface area (Å²) >= 11 is 0. The largest absolute Gasteiger partial charge is 0.491 e. The summed E-state index contributed by atoms with van der Waals surface area (Å²) in [4.78, 5) is 35.8. The summed E-state index contributed by atoms with van der Waals surface area (Å²) in [6.07, 6.45) is 8.83. The number of benzene rings is 2. The van der Waals surface area contributed by atoms with Crippen molar-refractivity contribution in [3.63, 3.8) is 0 Å². The molecule has 2 fully saturated rings. The second kappa shape index (κ2) is 12.0. The maximum atomic E-state index is 12.9. The van der Waals surface area contributed by atoms with Gasteiger partial charge in [-0.15, -0.1) is 0 Å². The Hall–Kier alpha value is -3.98. The number of amides is 1. The summed E-state index contributed by atoms with van der Waals surface area (Å²) in [5.74, 6) is 1.33. The summed E-state index contributed by atoms with van der Waals surface area (Å²) in [5, 5.41) is 7.15. The van der Waals surface area contributed by atoms with Crippen molar-refractivity contribution in [3.05, 3.63) is 66.5 Å². The van der Waals surface area contributed by atoms with Crippen molar-refractivity contribution in [2.45, 2.75) is 38.3 Å². The number of hydrogen-bond acceptors (Lipinski definition) is 8. The zero-order valence-corrected chi connectivity index (χ0v) is 21.6. The fourth-order valence-electron chi connectivity index (χ4n) is 4.63. The van der Waals surface area contributed by atoms with E-state index in [1.54, 1.807) is 6.08 Å². The number of fused-ring (bicyclic) bond motifs is 1. The second-order valence-corrected chi connectivity index (χ2v) is 9.75. The van der Waals surface area contributed by atoms with Crippen LogP contribution in [0, 0.1) is 5.92 Å². The van der Waals surface area contributed by atoms with E-state index >= 15 is 0 Å². The molecule has 1 amide bonds. The van der Waals surface area contributed by atoms with Crippen LogP contribution < -0.4 is 15.4 Å². The van der Waals surface area contributed by atoms with Crippen LogP contribution in [0.15, 0.2) is 60.9 Å². The predicted molar refractivity (Wildman–Crippen MR) is 146 cm³/mol. The zero-order chi connectivity index (χ0) is 26.3. The first-order chi connectivity index (χ1) is 18.6. The summed E-state index contributed by atoms with van der Waals surface area (Å²) in [5.41, 5.74) is 2.44. The highest BCUT2D eigenvalue weighted by Crippen LogP contribution is 2.35. The molecule has 2 N–H and O–H groups in total. The highest BCUT2D eigenvalue weighted by Gasteiger charge is 2.30. The third-order valence-corrected chi connectivity index (χ3v) is 6.91. The van der Waals surface area contributed by atoms with Gasteiger partial charge in [-0.3, -0.25) is 14.5 Å². The van der Waals surface area contributed by atoms with Gasteiger partial charge in [0.25, 0.3) is 0 Å². The summed E-state index contributed by atoms with van der Waals surface area (Å²) < 4.78 is 11.0. The van der Waals surface area contributed by atoms with Gasteiger partial charge in [0.05, 0.1) is 24.9 Å². The topological polar surface area (TPSA) is 106 Å². The van der Waals surface area contributed by atoms with Crippen LogP contribution in [-0.2, 0) is 20.9 Å². The molecular formula is C29H33N5O4. The zero-order valence-electron chi connectivity index (χ0n) is 21.6. The first kappa shape index (κ1) is 25.7. The average Bonchev–Trinajstić information content (AvgIpc) is 3.66. The van der Waals surface area contributed by atoms with Gasteiger partial charge in [0.2, 0.25) is 5.91 Å². The second-order valence-electron chi connectivity index (χ2n) is 9.75. The van der Waals surface area contributed by atoms with Gasteiger partial charge in [0, 0.05) is 30.6 Å². The van der Waals surface area contributed by atoms with Crippen LogP contribution in [0.1, 0.15) is 31.2 Å². The number of likely N-dealkylation sites (tertiary alicyclic amines) is 1. The summed E-state index contributed by atoms with van der Waals surface area (Å²) in [6.45, 7) is 2.52. The number of carbonyl (C=O) groups excluding carboxylic acids is 2. The Morgan fingerprint density at radius 2 is 1.97 bits per heavy atom. The Bertz CT molecular complexity index is 1310. The smallest absolute Gasteiger partial charge is 0.323 e. The van der Waals surface area contributed by atoms with Gasteiger partial charge in [0.15, 0.2) is 0 Å². The standard InChI is InChI=1S/C29H33N5O4/c1-37-29(36)25-9-5-13-34(25)14-6-10-27(35)33-24-15-22-23(16-26(24)38-18-21-11-12-21)31-19-32-28(22)30-17-20-7-3-2-4-8-20/h2-4,6-8,10,15-16,19,21,25H,5,9,11-14,17-18H2,1H3,(H,33,35)(H,30,31,32)/b10-6+/t25-/m0/s1. The van der Waals surface area contributed by atoms with E-state index in [-0.39, 0.29) is 17.9 Å². The number of aromatic nitrogens is 2. The van der Waals surface area contributed by atoms with Gasteiger partial charge in [0.1, 0.15) is 23.9 Å². The van der Waals surface area contributed by atoms with E-state index in [0.29, 0.717) is 42.9 Å². The van der Waals surface area contributed by atoms with E-state index in [1.165, 1.54) is 19.5 Å². The number of nitrogens with zero attached hydrogens (tertiary/aromatic N) is 3. The average molecular weight is 516 g/mol.